The Hall–Kier alpha value is -3.29. The minimum absolute atomic E-state index is 0.137. The van der Waals surface area contributed by atoms with Crippen molar-refractivity contribution in [1.29, 1.82) is 0 Å². The molecule has 0 amide bonds. The molecule has 29 heavy (non-hydrogen) atoms. The summed E-state index contributed by atoms with van der Waals surface area (Å²) in [5.41, 5.74) is 3.16. The van der Waals surface area contributed by atoms with Gasteiger partial charge in [0.2, 0.25) is 0 Å². The first kappa shape index (κ1) is 17.8. The quantitative estimate of drug-likeness (QED) is 0.441. The molecular formula is C20H12Cl2N6O. The first-order chi connectivity index (χ1) is 14.1. The number of aromatic nitrogens is 6. The molecule has 0 aliphatic rings. The van der Waals surface area contributed by atoms with Gasteiger partial charge in [0.1, 0.15) is 6.33 Å². The molecule has 0 saturated carbocycles. The number of benzene rings is 2. The summed E-state index contributed by atoms with van der Waals surface area (Å²) >= 11 is 12.2. The van der Waals surface area contributed by atoms with Crippen LogP contribution in [0.1, 0.15) is 5.56 Å². The summed E-state index contributed by atoms with van der Waals surface area (Å²) in [6, 6.07) is 14.7. The van der Waals surface area contributed by atoms with Crippen molar-refractivity contribution in [3.8, 4) is 11.1 Å². The third-order valence-corrected chi connectivity index (χ3v) is 5.26. The second-order valence-corrected chi connectivity index (χ2v) is 7.29. The van der Waals surface area contributed by atoms with Crippen molar-refractivity contribution in [2.24, 2.45) is 0 Å². The Labute approximate surface area is 174 Å². The molecule has 0 saturated heterocycles. The van der Waals surface area contributed by atoms with Crippen LogP contribution in [0, 0.1) is 0 Å². The molecule has 0 radical (unpaired) electrons. The van der Waals surface area contributed by atoms with E-state index in [-0.39, 0.29) is 17.6 Å². The maximum Gasteiger partial charge on any atom is 0.283 e. The van der Waals surface area contributed by atoms with Gasteiger partial charge < -0.3 is 0 Å². The molecule has 2 aromatic carbocycles. The van der Waals surface area contributed by atoms with Crippen LogP contribution in [0.2, 0.25) is 10.0 Å². The van der Waals surface area contributed by atoms with Crippen LogP contribution in [0.5, 0.6) is 0 Å². The zero-order valence-corrected chi connectivity index (χ0v) is 16.3. The van der Waals surface area contributed by atoms with Gasteiger partial charge >= 0.3 is 0 Å². The van der Waals surface area contributed by atoms with Gasteiger partial charge in [-0.3, -0.25) is 9.36 Å². The van der Waals surface area contributed by atoms with E-state index in [1.165, 1.54) is 15.4 Å². The van der Waals surface area contributed by atoms with Crippen LogP contribution in [0.3, 0.4) is 0 Å². The topological polar surface area (TPSA) is 78.0 Å². The molecule has 0 unspecified atom stereocenters. The van der Waals surface area contributed by atoms with Crippen LogP contribution >= 0.6 is 23.2 Å². The van der Waals surface area contributed by atoms with Crippen LogP contribution in [-0.2, 0) is 6.54 Å². The molecule has 3 heterocycles. The lowest BCUT2D eigenvalue weighted by molar-refractivity contribution is 0.737. The van der Waals surface area contributed by atoms with Crippen molar-refractivity contribution in [2.75, 3.05) is 0 Å². The number of hydrogen-bond donors (Lipinski definition) is 0. The molecule has 0 N–H and O–H groups in total. The van der Waals surface area contributed by atoms with Gasteiger partial charge in [-0.1, -0.05) is 53.5 Å². The smallest absolute Gasteiger partial charge is 0.283 e. The van der Waals surface area contributed by atoms with E-state index in [9.17, 15) is 4.79 Å². The summed E-state index contributed by atoms with van der Waals surface area (Å²) < 4.78 is 2.97. The monoisotopic (exact) mass is 422 g/mol. The van der Waals surface area contributed by atoms with Gasteiger partial charge in [0.05, 0.1) is 12.7 Å². The SMILES string of the molecule is O=c1c2nnc3c(-c4ccc(Cl)cc4)cnn3c2ncn1Cc1ccccc1Cl. The van der Waals surface area contributed by atoms with Crippen molar-refractivity contribution in [1.82, 2.24) is 29.4 Å². The molecule has 0 aliphatic heterocycles. The zero-order valence-electron chi connectivity index (χ0n) is 14.8. The molecule has 0 bridgehead atoms. The molecule has 7 nitrogen and oxygen atoms in total. The minimum Gasteiger partial charge on any atom is -0.293 e. The van der Waals surface area contributed by atoms with Crippen molar-refractivity contribution < 1.29 is 0 Å². The fourth-order valence-corrected chi connectivity index (χ4v) is 3.48. The van der Waals surface area contributed by atoms with Gasteiger partial charge in [-0.25, -0.2) is 4.98 Å². The van der Waals surface area contributed by atoms with Gasteiger partial charge in [0.25, 0.3) is 5.56 Å². The van der Waals surface area contributed by atoms with Crippen molar-refractivity contribution in [2.45, 2.75) is 6.54 Å². The Kier molecular flexibility index (Phi) is 4.26. The Morgan fingerprint density at radius 3 is 2.52 bits per heavy atom. The largest absolute Gasteiger partial charge is 0.293 e. The molecule has 5 aromatic rings. The summed E-state index contributed by atoms with van der Waals surface area (Å²) in [7, 11) is 0. The van der Waals surface area contributed by atoms with E-state index in [0.717, 1.165) is 16.7 Å². The number of rotatable bonds is 3. The fourth-order valence-electron chi connectivity index (χ4n) is 3.16. The molecule has 5 rings (SSSR count). The molecule has 142 valence electrons. The van der Waals surface area contributed by atoms with Gasteiger partial charge in [0, 0.05) is 15.6 Å². The minimum atomic E-state index is -0.312. The summed E-state index contributed by atoms with van der Waals surface area (Å²) in [5.74, 6) is 0. The highest BCUT2D eigenvalue weighted by molar-refractivity contribution is 6.31. The lowest BCUT2D eigenvalue weighted by Gasteiger charge is -2.08. The van der Waals surface area contributed by atoms with Crippen LogP contribution in [0.15, 0.2) is 65.8 Å². The first-order valence-electron chi connectivity index (χ1n) is 8.71. The average Bonchev–Trinajstić information content (AvgIpc) is 3.16. The molecular weight excluding hydrogens is 411 g/mol. The number of halogens is 2. The Bertz CT molecular complexity index is 1430. The van der Waals surface area contributed by atoms with Crippen molar-refractivity contribution in [3.63, 3.8) is 0 Å². The van der Waals surface area contributed by atoms with Gasteiger partial charge in [0.15, 0.2) is 16.8 Å². The lowest BCUT2D eigenvalue weighted by atomic mass is 10.1. The fraction of sp³-hybridized carbons (Fsp3) is 0.0500. The van der Waals surface area contributed by atoms with Crippen molar-refractivity contribution in [3.05, 3.63) is 87.0 Å². The van der Waals surface area contributed by atoms with E-state index in [0.29, 0.717) is 21.3 Å². The van der Waals surface area contributed by atoms with Crippen LogP contribution in [0.25, 0.3) is 27.9 Å². The normalized spacial score (nSPS) is 11.4. The third kappa shape index (κ3) is 3.04. The highest BCUT2D eigenvalue weighted by Gasteiger charge is 2.15. The summed E-state index contributed by atoms with van der Waals surface area (Å²) in [6.07, 6.45) is 3.14. The average molecular weight is 423 g/mol. The van der Waals surface area contributed by atoms with E-state index in [1.54, 1.807) is 24.4 Å². The number of nitrogens with zero attached hydrogens (tertiary/aromatic N) is 6. The molecule has 0 fully saturated rings. The van der Waals surface area contributed by atoms with Crippen LogP contribution < -0.4 is 5.56 Å². The number of hydrogen-bond acceptors (Lipinski definition) is 5. The zero-order chi connectivity index (χ0) is 20.0. The summed E-state index contributed by atoms with van der Waals surface area (Å²) in [5, 5.41) is 14.0. The Morgan fingerprint density at radius 2 is 1.72 bits per heavy atom. The van der Waals surface area contributed by atoms with E-state index in [2.05, 4.69) is 20.3 Å². The van der Waals surface area contributed by atoms with E-state index < -0.39 is 0 Å². The highest BCUT2D eigenvalue weighted by atomic mass is 35.5. The van der Waals surface area contributed by atoms with Crippen LogP contribution in [0.4, 0.5) is 0 Å². The standard InChI is InChI=1S/C20H12Cl2N6O/c21-14-7-5-12(6-8-14)15-9-24-28-18(15)26-25-17-19(28)23-11-27(20(17)29)10-13-3-1-2-4-16(13)22/h1-9,11H,10H2. The Morgan fingerprint density at radius 1 is 0.931 bits per heavy atom. The summed E-state index contributed by atoms with van der Waals surface area (Å²) in [6.45, 7) is 0.288. The van der Waals surface area contributed by atoms with E-state index in [1.807, 2.05) is 30.3 Å². The lowest BCUT2D eigenvalue weighted by Crippen LogP contribution is -2.23. The maximum atomic E-state index is 12.9. The van der Waals surface area contributed by atoms with E-state index >= 15 is 0 Å². The van der Waals surface area contributed by atoms with Gasteiger partial charge in [-0.2, -0.15) is 9.61 Å². The maximum absolute atomic E-state index is 12.9. The molecule has 9 heteroatoms. The Balaban J connectivity index is 1.64. The number of fused-ring (bicyclic) bond motifs is 3. The third-order valence-electron chi connectivity index (χ3n) is 4.64. The van der Waals surface area contributed by atoms with Gasteiger partial charge in [-0.15, -0.1) is 10.2 Å². The van der Waals surface area contributed by atoms with E-state index in [4.69, 9.17) is 23.2 Å². The molecule has 0 atom stereocenters. The second-order valence-electron chi connectivity index (χ2n) is 6.44. The second kappa shape index (κ2) is 6.95. The predicted octanol–water partition coefficient (Wildman–Crippen LogP) is 3.86. The van der Waals surface area contributed by atoms with Gasteiger partial charge in [-0.05, 0) is 29.3 Å². The molecule has 0 aliphatic carbocycles. The first-order valence-corrected chi connectivity index (χ1v) is 9.46. The molecule has 0 spiro atoms. The summed E-state index contributed by atoms with van der Waals surface area (Å²) in [4.78, 5) is 17.3. The van der Waals surface area contributed by atoms with Crippen LogP contribution in [-0.4, -0.2) is 29.4 Å². The highest BCUT2D eigenvalue weighted by Crippen LogP contribution is 2.25. The predicted molar refractivity (Wildman–Crippen MR) is 111 cm³/mol. The van der Waals surface area contributed by atoms with Crippen molar-refractivity contribution >= 4 is 40.0 Å². The molecule has 3 aromatic heterocycles.